The number of ether oxygens (including phenoxy) is 1. The van der Waals surface area contributed by atoms with Crippen LogP contribution in [0.3, 0.4) is 0 Å². The van der Waals surface area contributed by atoms with Crippen molar-refractivity contribution >= 4 is 25.7 Å². The first-order valence-electron chi connectivity index (χ1n) is 22.1. The SMILES string of the molecule is CCCCCCCCCCCCCCCCCCCCCCC(=O)NC(COP(=O)(O)OCC(O)COC(=O)CCCCCCCCCCCC)C(=O)O. The molecule has 0 radical (unpaired) electrons. The molecule has 0 saturated carbocycles. The Balaban J connectivity index is 3.84. The number of carboxylic acid groups (broad SMARTS) is 1. The number of aliphatic hydroxyl groups is 1. The van der Waals surface area contributed by atoms with Gasteiger partial charge in [-0.2, -0.15) is 0 Å². The van der Waals surface area contributed by atoms with Gasteiger partial charge < -0.3 is 25.2 Å². The average molecular weight is 792 g/mol. The second-order valence-electron chi connectivity index (χ2n) is 15.3. The Bertz CT molecular complexity index is 937. The fourth-order valence-corrected chi connectivity index (χ4v) is 7.21. The minimum absolute atomic E-state index is 0.153. The fraction of sp³-hybridized carbons (Fsp3) is 0.929. The van der Waals surface area contributed by atoms with E-state index in [0.717, 1.165) is 38.5 Å². The first kappa shape index (κ1) is 52.5. The Morgan fingerprint density at radius 3 is 1.22 bits per heavy atom. The molecular weight excluding hydrogens is 709 g/mol. The Morgan fingerprint density at radius 2 is 0.852 bits per heavy atom. The number of unbranched alkanes of at least 4 members (excludes halogenated alkanes) is 28. The van der Waals surface area contributed by atoms with Crippen molar-refractivity contribution in [1.29, 1.82) is 0 Å². The van der Waals surface area contributed by atoms with Gasteiger partial charge in [-0.05, 0) is 12.8 Å². The molecule has 12 heteroatoms. The van der Waals surface area contributed by atoms with Crippen LogP contribution in [-0.4, -0.2) is 64.9 Å². The van der Waals surface area contributed by atoms with E-state index in [1.165, 1.54) is 141 Å². The Morgan fingerprint density at radius 1 is 0.519 bits per heavy atom. The number of carbonyl (C=O) groups is 3. The number of rotatable bonds is 42. The molecule has 0 rings (SSSR count). The molecule has 0 heterocycles. The highest BCUT2D eigenvalue weighted by Gasteiger charge is 2.28. The molecule has 11 nitrogen and oxygen atoms in total. The number of hydrogen-bond acceptors (Lipinski definition) is 8. The van der Waals surface area contributed by atoms with E-state index in [-0.39, 0.29) is 12.8 Å². The molecule has 0 aliphatic rings. The van der Waals surface area contributed by atoms with Crippen LogP contribution in [0.25, 0.3) is 0 Å². The number of nitrogens with one attached hydrogen (secondary N) is 1. The van der Waals surface area contributed by atoms with Gasteiger partial charge in [0.1, 0.15) is 12.7 Å². The summed E-state index contributed by atoms with van der Waals surface area (Å²) in [5.41, 5.74) is 0. The van der Waals surface area contributed by atoms with Crippen molar-refractivity contribution in [1.82, 2.24) is 5.32 Å². The highest BCUT2D eigenvalue weighted by Crippen LogP contribution is 2.43. The number of carboxylic acids is 1. The third-order valence-corrected chi connectivity index (χ3v) is 10.8. The minimum atomic E-state index is -4.74. The van der Waals surface area contributed by atoms with Crippen LogP contribution >= 0.6 is 7.82 Å². The van der Waals surface area contributed by atoms with Crippen LogP contribution in [0.2, 0.25) is 0 Å². The summed E-state index contributed by atoms with van der Waals surface area (Å²) in [5.74, 6) is -2.36. The third-order valence-electron chi connectivity index (χ3n) is 9.90. The van der Waals surface area contributed by atoms with Gasteiger partial charge in [0, 0.05) is 12.8 Å². The lowest BCUT2D eigenvalue weighted by Crippen LogP contribution is -2.43. The molecule has 0 fully saturated rings. The second kappa shape index (κ2) is 38.4. The van der Waals surface area contributed by atoms with Gasteiger partial charge in [-0.3, -0.25) is 18.6 Å². The molecule has 320 valence electrons. The average Bonchev–Trinajstić information content (AvgIpc) is 3.14. The number of esters is 1. The highest BCUT2D eigenvalue weighted by molar-refractivity contribution is 7.47. The van der Waals surface area contributed by atoms with Crippen molar-refractivity contribution in [3.8, 4) is 0 Å². The Hall–Kier alpha value is -1.52. The summed E-state index contributed by atoms with van der Waals surface area (Å²) in [6.45, 7) is 2.60. The van der Waals surface area contributed by atoms with E-state index in [0.29, 0.717) is 12.8 Å². The smallest absolute Gasteiger partial charge is 0.472 e. The lowest BCUT2D eigenvalue weighted by Gasteiger charge is -2.18. The number of amides is 1. The van der Waals surface area contributed by atoms with Gasteiger partial charge in [-0.1, -0.05) is 194 Å². The molecule has 0 aliphatic carbocycles. The minimum Gasteiger partial charge on any atom is -0.480 e. The molecule has 0 saturated heterocycles. The van der Waals surface area contributed by atoms with Crippen LogP contribution in [-0.2, 0) is 32.7 Å². The van der Waals surface area contributed by atoms with Crippen LogP contribution in [0.4, 0.5) is 0 Å². The van der Waals surface area contributed by atoms with Gasteiger partial charge >= 0.3 is 19.8 Å². The predicted molar refractivity (Wildman–Crippen MR) is 217 cm³/mol. The topological polar surface area (TPSA) is 169 Å². The summed E-state index contributed by atoms with van der Waals surface area (Å²) in [7, 11) is -4.74. The molecule has 4 N–H and O–H groups in total. The van der Waals surface area contributed by atoms with E-state index in [2.05, 4.69) is 19.2 Å². The summed E-state index contributed by atoms with van der Waals surface area (Å²) < 4.78 is 26.8. The lowest BCUT2D eigenvalue weighted by atomic mass is 10.0. The number of phosphoric acid groups is 1. The van der Waals surface area contributed by atoms with Crippen LogP contribution in [0.15, 0.2) is 0 Å². The summed E-state index contributed by atoms with van der Waals surface area (Å²) in [5, 5.41) is 21.8. The zero-order chi connectivity index (χ0) is 40.0. The van der Waals surface area contributed by atoms with E-state index in [4.69, 9.17) is 13.8 Å². The zero-order valence-electron chi connectivity index (χ0n) is 34.6. The molecule has 1 amide bonds. The fourth-order valence-electron chi connectivity index (χ4n) is 6.43. The van der Waals surface area contributed by atoms with Crippen molar-refractivity contribution in [3.05, 3.63) is 0 Å². The summed E-state index contributed by atoms with van der Waals surface area (Å²) in [4.78, 5) is 45.8. The van der Waals surface area contributed by atoms with Crippen molar-refractivity contribution in [3.63, 3.8) is 0 Å². The standard InChI is InChI=1S/C42H82NO10P/c1-3-5-7-9-11-13-15-16-17-18-19-20-21-22-23-24-25-27-29-31-33-40(45)43-39(42(47)48)37-53-54(49,50)52-36-38(44)35-51-41(46)34-32-30-28-26-14-12-10-8-6-4-2/h38-39,44H,3-37H2,1-2H3,(H,43,45)(H,47,48)(H,49,50). The van der Waals surface area contributed by atoms with E-state index in [9.17, 15) is 34.1 Å². The molecule has 0 spiro atoms. The molecule has 0 aliphatic heterocycles. The number of phosphoric ester groups is 1. The number of carbonyl (C=O) groups excluding carboxylic acids is 2. The van der Waals surface area contributed by atoms with E-state index in [1.807, 2.05) is 0 Å². The molecule has 0 bridgehead atoms. The Kier molecular flexibility index (Phi) is 37.3. The van der Waals surface area contributed by atoms with Crippen molar-refractivity contribution in [2.24, 2.45) is 0 Å². The van der Waals surface area contributed by atoms with Gasteiger partial charge in [0.25, 0.3) is 0 Å². The molecule has 0 aromatic heterocycles. The van der Waals surface area contributed by atoms with E-state index >= 15 is 0 Å². The zero-order valence-corrected chi connectivity index (χ0v) is 35.4. The quantitative estimate of drug-likeness (QED) is 0.0265. The van der Waals surface area contributed by atoms with Gasteiger partial charge in [0.05, 0.1) is 13.2 Å². The molecule has 0 aromatic rings. The maximum atomic E-state index is 12.3. The van der Waals surface area contributed by atoms with Crippen LogP contribution in [0.1, 0.15) is 219 Å². The van der Waals surface area contributed by atoms with E-state index in [1.54, 1.807) is 0 Å². The normalized spacial score (nSPS) is 13.7. The van der Waals surface area contributed by atoms with Gasteiger partial charge in [0.2, 0.25) is 5.91 Å². The molecule has 0 aromatic carbocycles. The first-order valence-corrected chi connectivity index (χ1v) is 23.6. The maximum Gasteiger partial charge on any atom is 0.472 e. The summed E-state index contributed by atoms with van der Waals surface area (Å²) in [6.07, 6.45) is 35.6. The number of aliphatic hydroxyl groups excluding tert-OH is 1. The van der Waals surface area contributed by atoms with Crippen molar-refractivity contribution in [2.75, 3.05) is 19.8 Å². The third kappa shape index (κ3) is 37.4. The van der Waals surface area contributed by atoms with Crippen molar-refractivity contribution < 1.29 is 47.8 Å². The van der Waals surface area contributed by atoms with Gasteiger partial charge in [-0.25, -0.2) is 9.36 Å². The number of aliphatic carboxylic acids is 1. The van der Waals surface area contributed by atoms with Crippen LogP contribution in [0, 0.1) is 0 Å². The summed E-state index contributed by atoms with van der Waals surface area (Å²) in [6, 6.07) is -1.54. The molecule has 3 atom stereocenters. The van der Waals surface area contributed by atoms with E-state index < -0.39 is 57.6 Å². The maximum absolute atomic E-state index is 12.3. The van der Waals surface area contributed by atoms with Crippen LogP contribution < -0.4 is 5.32 Å². The molecule has 54 heavy (non-hydrogen) atoms. The first-order chi connectivity index (χ1) is 26.1. The van der Waals surface area contributed by atoms with Crippen LogP contribution in [0.5, 0.6) is 0 Å². The Labute approximate surface area is 329 Å². The summed E-state index contributed by atoms with van der Waals surface area (Å²) >= 11 is 0. The lowest BCUT2D eigenvalue weighted by molar-refractivity contribution is -0.147. The monoisotopic (exact) mass is 792 g/mol. The highest BCUT2D eigenvalue weighted by atomic mass is 31.2. The van der Waals surface area contributed by atoms with Gasteiger partial charge in [0.15, 0.2) is 6.04 Å². The molecular formula is C42H82NO10P. The van der Waals surface area contributed by atoms with Crippen molar-refractivity contribution in [2.45, 2.75) is 231 Å². The predicted octanol–water partition coefficient (Wildman–Crippen LogP) is 11.1. The number of hydrogen-bond donors (Lipinski definition) is 4. The van der Waals surface area contributed by atoms with Gasteiger partial charge in [-0.15, -0.1) is 0 Å². The largest absolute Gasteiger partial charge is 0.480 e. The second-order valence-corrected chi connectivity index (χ2v) is 16.7. The molecule has 3 unspecified atom stereocenters.